The Morgan fingerprint density at radius 2 is 1.95 bits per heavy atom. The molecule has 0 atom stereocenters. The normalized spacial score (nSPS) is 10.3. The molecule has 0 aliphatic rings. The predicted molar refractivity (Wildman–Crippen MR) is 76.1 cm³/mol. The Balaban J connectivity index is 2.49. The van der Waals surface area contributed by atoms with Crippen LogP contribution in [-0.2, 0) is 6.42 Å². The Morgan fingerprint density at radius 1 is 1.16 bits per heavy atom. The molecule has 0 spiro atoms. The zero-order chi connectivity index (χ0) is 13.8. The van der Waals surface area contributed by atoms with Crippen LogP contribution in [0, 0.1) is 13.8 Å². The molecular formula is C16H19NO2. The van der Waals surface area contributed by atoms with Gasteiger partial charge in [0.25, 0.3) is 0 Å². The van der Waals surface area contributed by atoms with Gasteiger partial charge in [0.15, 0.2) is 0 Å². The third kappa shape index (κ3) is 2.70. The molecule has 0 saturated carbocycles. The number of nitrogens with zero attached hydrogens (tertiary/aromatic N) is 1. The number of aromatic nitrogens is 1. The molecule has 0 radical (unpaired) electrons. The van der Waals surface area contributed by atoms with Crippen molar-refractivity contribution in [2.45, 2.75) is 20.3 Å². The highest BCUT2D eigenvalue weighted by molar-refractivity contribution is 5.54. The zero-order valence-corrected chi connectivity index (χ0v) is 11.9. The van der Waals surface area contributed by atoms with Crippen LogP contribution in [-0.4, -0.2) is 19.2 Å². The molecule has 0 aliphatic carbocycles. The minimum Gasteiger partial charge on any atom is -0.496 e. The maximum absolute atomic E-state index is 5.50. The molecule has 3 heteroatoms. The third-order valence-electron chi connectivity index (χ3n) is 3.32. The number of aryl methyl sites for hydroxylation is 1. The van der Waals surface area contributed by atoms with Gasteiger partial charge in [-0.3, -0.25) is 4.98 Å². The summed E-state index contributed by atoms with van der Waals surface area (Å²) in [4.78, 5) is 4.15. The quantitative estimate of drug-likeness (QED) is 0.842. The van der Waals surface area contributed by atoms with E-state index in [2.05, 4.69) is 18.0 Å². The van der Waals surface area contributed by atoms with E-state index in [0.717, 1.165) is 40.2 Å². The fourth-order valence-corrected chi connectivity index (χ4v) is 2.39. The first-order valence-electron chi connectivity index (χ1n) is 6.27. The molecule has 0 unspecified atom stereocenters. The van der Waals surface area contributed by atoms with Crippen LogP contribution in [0.4, 0.5) is 0 Å². The number of hydrogen-bond donors (Lipinski definition) is 0. The van der Waals surface area contributed by atoms with Gasteiger partial charge >= 0.3 is 0 Å². The summed E-state index contributed by atoms with van der Waals surface area (Å²) in [5, 5.41) is 0. The first-order chi connectivity index (χ1) is 9.17. The minimum absolute atomic E-state index is 0.791. The van der Waals surface area contributed by atoms with Crippen LogP contribution in [0.25, 0.3) is 0 Å². The number of benzene rings is 1. The molecular weight excluding hydrogens is 238 g/mol. The van der Waals surface area contributed by atoms with Crippen molar-refractivity contribution in [1.82, 2.24) is 4.98 Å². The number of ether oxygens (including phenoxy) is 2. The van der Waals surface area contributed by atoms with Gasteiger partial charge < -0.3 is 9.47 Å². The lowest BCUT2D eigenvalue weighted by Crippen LogP contribution is -2.01. The molecule has 0 bridgehead atoms. The Kier molecular flexibility index (Phi) is 4.05. The lowest BCUT2D eigenvalue weighted by atomic mass is 9.97. The molecule has 1 heterocycles. The number of hydrogen-bond acceptors (Lipinski definition) is 3. The number of methoxy groups -OCH3 is 2. The molecule has 0 N–H and O–H groups in total. The van der Waals surface area contributed by atoms with E-state index in [1.165, 1.54) is 0 Å². The predicted octanol–water partition coefficient (Wildman–Crippen LogP) is 3.31. The Morgan fingerprint density at radius 3 is 2.53 bits per heavy atom. The zero-order valence-electron chi connectivity index (χ0n) is 11.9. The highest BCUT2D eigenvalue weighted by Gasteiger charge is 2.14. The van der Waals surface area contributed by atoms with Gasteiger partial charge in [0, 0.05) is 24.4 Å². The van der Waals surface area contributed by atoms with Crippen molar-refractivity contribution in [3.8, 4) is 11.5 Å². The minimum atomic E-state index is 0.791. The molecule has 2 rings (SSSR count). The summed E-state index contributed by atoms with van der Waals surface area (Å²) in [6, 6.07) is 6.04. The second-order valence-electron chi connectivity index (χ2n) is 4.57. The van der Waals surface area contributed by atoms with Crippen LogP contribution in [0.2, 0.25) is 0 Å². The van der Waals surface area contributed by atoms with Gasteiger partial charge in [-0.15, -0.1) is 0 Å². The van der Waals surface area contributed by atoms with Crippen LogP contribution >= 0.6 is 0 Å². The molecule has 0 saturated heterocycles. The smallest absolute Gasteiger partial charge is 0.125 e. The van der Waals surface area contributed by atoms with Crippen LogP contribution in [0.3, 0.4) is 0 Å². The lowest BCUT2D eigenvalue weighted by Gasteiger charge is -2.17. The lowest BCUT2D eigenvalue weighted by molar-refractivity contribution is 0.394. The molecule has 1 aromatic carbocycles. The summed E-state index contributed by atoms with van der Waals surface area (Å²) in [5.41, 5.74) is 4.53. The molecule has 0 amide bonds. The van der Waals surface area contributed by atoms with E-state index in [1.807, 2.05) is 25.3 Å². The van der Waals surface area contributed by atoms with Crippen molar-refractivity contribution in [3.63, 3.8) is 0 Å². The highest BCUT2D eigenvalue weighted by atomic mass is 16.5. The van der Waals surface area contributed by atoms with E-state index in [1.54, 1.807) is 20.4 Å². The van der Waals surface area contributed by atoms with E-state index in [9.17, 15) is 0 Å². The average Bonchev–Trinajstić information content (AvgIpc) is 2.43. The molecule has 2 aromatic rings. The van der Waals surface area contributed by atoms with Crippen LogP contribution in [0.1, 0.15) is 22.3 Å². The number of rotatable bonds is 4. The van der Waals surface area contributed by atoms with Crippen LogP contribution in [0.5, 0.6) is 11.5 Å². The van der Waals surface area contributed by atoms with Gasteiger partial charge in [-0.1, -0.05) is 6.07 Å². The monoisotopic (exact) mass is 257 g/mol. The van der Waals surface area contributed by atoms with Crippen molar-refractivity contribution >= 4 is 0 Å². The molecule has 0 aliphatic heterocycles. The van der Waals surface area contributed by atoms with Gasteiger partial charge in [-0.05, 0) is 42.7 Å². The molecule has 1 aromatic heterocycles. The summed E-state index contributed by atoms with van der Waals surface area (Å²) in [7, 11) is 3.41. The molecule has 0 fully saturated rings. The van der Waals surface area contributed by atoms with E-state index >= 15 is 0 Å². The fourth-order valence-electron chi connectivity index (χ4n) is 2.39. The first kappa shape index (κ1) is 13.4. The summed E-state index contributed by atoms with van der Waals surface area (Å²) in [6.07, 6.45) is 4.45. The fraction of sp³-hybridized carbons (Fsp3) is 0.312. The van der Waals surface area contributed by atoms with Crippen molar-refractivity contribution in [2.24, 2.45) is 0 Å². The Hall–Kier alpha value is -2.03. The second kappa shape index (κ2) is 5.74. The summed E-state index contributed by atoms with van der Waals surface area (Å²) < 4.78 is 11.0. The highest BCUT2D eigenvalue weighted by Crippen LogP contribution is 2.34. The second-order valence-corrected chi connectivity index (χ2v) is 4.57. The third-order valence-corrected chi connectivity index (χ3v) is 3.32. The SMILES string of the molecule is COc1cc(C)c(OC)c(C)c1Cc1cccnc1. The van der Waals surface area contributed by atoms with Crippen molar-refractivity contribution < 1.29 is 9.47 Å². The van der Waals surface area contributed by atoms with E-state index in [4.69, 9.17) is 9.47 Å². The topological polar surface area (TPSA) is 31.4 Å². The van der Waals surface area contributed by atoms with Crippen molar-refractivity contribution in [1.29, 1.82) is 0 Å². The van der Waals surface area contributed by atoms with Gasteiger partial charge in [-0.2, -0.15) is 0 Å². The molecule has 19 heavy (non-hydrogen) atoms. The van der Waals surface area contributed by atoms with E-state index in [-0.39, 0.29) is 0 Å². The number of pyridine rings is 1. The van der Waals surface area contributed by atoms with E-state index < -0.39 is 0 Å². The van der Waals surface area contributed by atoms with Crippen molar-refractivity contribution in [2.75, 3.05) is 14.2 Å². The average molecular weight is 257 g/mol. The largest absolute Gasteiger partial charge is 0.496 e. The Labute approximate surface area is 114 Å². The van der Waals surface area contributed by atoms with E-state index in [0.29, 0.717) is 0 Å². The first-order valence-corrected chi connectivity index (χ1v) is 6.27. The van der Waals surface area contributed by atoms with Gasteiger partial charge in [0.1, 0.15) is 11.5 Å². The van der Waals surface area contributed by atoms with Gasteiger partial charge in [0.05, 0.1) is 14.2 Å². The maximum atomic E-state index is 5.50. The Bertz CT molecular complexity index is 565. The van der Waals surface area contributed by atoms with Crippen LogP contribution < -0.4 is 9.47 Å². The summed E-state index contributed by atoms with van der Waals surface area (Å²) >= 11 is 0. The molecule has 100 valence electrons. The summed E-state index contributed by atoms with van der Waals surface area (Å²) in [5.74, 6) is 1.83. The summed E-state index contributed by atoms with van der Waals surface area (Å²) in [6.45, 7) is 4.10. The van der Waals surface area contributed by atoms with Gasteiger partial charge in [-0.25, -0.2) is 0 Å². The van der Waals surface area contributed by atoms with Crippen molar-refractivity contribution in [3.05, 3.63) is 52.8 Å². The van der Waals surface area contributed by atoms with Gasteiger partial charge in [0.2, 0.25) is 0 Å². The maximum Gasteiger partial charge on any atom is 0.125 e. The van der Waals surface area contributed by atoms with Crippen LogP contribution in [0.15, 0.2) is 30.6 Å². The molecule has 3 nitrogen and oxygen atoms in total. The standard InChI is InChI=1S/C16H19NO2/c1-11-8-15(18-3)14(12(2)16(11)19-4)9-13-6-5-7-17-10-13/h5-8,10H,9H2,1-4H3.